The third kappa shape index (κ3) is 3.08. The van der Waals surface area contributed by atoms with Crippen molar-refractivity contribution >= 4 is 5.91 Å². The Hall–Kier alpha value is -1.53. The van der Waals surface area contributed by atoms with Crippen molar-refractivity contribution in [2.75, 3.05) is 19.7 Å². The van der Waals surface area contributed by atoms with Gasteiger partial charge in [-0.15, -0.1) is 0 Å². The minimum atomic E-state index is -0.103. The summed E-state index contributed by atoms with van der Waals surface area (Å²) in [6, 6.07) is 1.69. The summed E-state index contributed by atoms with van der Waals surface area (Å²) in [6.45, 7) is 7.15. The van der Waals surface area contributed by atoms with Gasteiger partial charge in [0.15, 0.2) is 0 Å². The number of carbonyl (C=O) groups excluding carboxylic acids is 1. The summed E-state index contributed by atoms with van der Waals surface area (Å²) in [5, 5.41) is 7.94. The molecule has 1 aliphatic heterocycles. The highest BCUT2D eigenvalue weighted by molar-refractivity contribution is 5.95. The lowest BCUT2D eigenvalue weighted by Crippen LogP contribution is -2.51. The SMILES string of the molecule is Cc1cc(C(=O)N2CCOC(C(C)N)C2)c(C)nn1. The molecular formula is C13H20N4O2. The molecule has 1 amide bonds. The van der Waals surface area contributed by atoms with Crippen molar-refractivity contribution in [3.63, 3.8) is 0 Å². The van der Waals surface area contributed by atoms with Crippen LogP contribution in [0.5, 0.6) is 0 Å². The van der Waals surface area contributed by atoms with Crippen LogP contribution in [0, 0.1) is 13.8 Å². The first-order valence-corrected chi connectivity index (χ1v) is 6.46. The number of aromatic nitrogens is 2. The lowest BCUT2D eigenvalue weighted by atomic mass is 10.1. The van der Waals surface area contributed by atoms with Crippen LogP contribution in [-0.2, 0) is 4.74 Å². The van der Waals surface area contributed by atoms with E-state index >= 15 is 0 Å². The van der Waals surface area contributed by atoms with E-state index in [-0.39, 0.29) is 18.1 Å². The second-order valence-corrected chi connectivity index (χ2v) is 5.00. The standard InChI is InChI=1S/C13H20N4O2/c1-8-6-11(10(3)16-15-8)13(18)17-4-5-19-12(7-17)9(2)14/h6,9,12H,4-5,7,14H2,1-3H3. The second kappa shape index (κ2) is 5.63. The van der Waals surface area contributed by atoms with E-state index in [0.717, 1.165) is 5.69 Å². The number of hydrogen-bond donors (Lipinski definition) is 1. The fraction of sp³-hybridized carbons (Fsp3) is 0.615. The number of nitrogens with zero attached hydrogens (tertiary/aromatic N) is 3. The summed E-state index contributed by atoms with van der Waals surface area (Å²) in [5.74, 6) is -0.0237. The lowest BCUT2D eigenvalue weighted by molar-refractivity contribution is -0.0300. The smallest absolute Gasteiger partial charge is 0.256 e. The van der Waals surface area contributed by atoms with Crippen LogP contribution in [0.4, 0.5) is 0 Å². The van der Waals surface area contributed by atoms with Gasteiger partial charge in [0, 0.05) is 19.1 Å². The molecule has 2 atom stereocenters. The highest BCUT2D eigenvalue weighted by atomic mass is 16.5. The van der Waals surface area contributed by atoms with Gasteiger partial charge in [-0.25, -0.2) is 0 Å². The Morgan fingerprint density at radius 2 is 2.26 bits per heavy atom. The van der Waals surface area contributed by atoms with Gasteiger partial charge >= 0.3 is 0 Å². The molecule has 19 heavy (non-hydrogen) atoms. The first kappa shape index (κ1) is 13.9. The van der Waals surface area contributed by atoms with E-state index < -0.39 is 0 Å². The molecule has 6 heteroatoms. The molecule has 6 nitrogen and oxygen atoms in total. The number of hydrogen-bond acceptors (Lipinski definition) is 5. The van der Waals surface area contributed by atoms with Crippen LogP contribution in [0.15, 0.2) is 6.07 Å². The van der Waals surface area contributed by atoms with Crippen molar-refractivity contribution in [2.24, 2.45) is 5.73 Å². The molecule has 1 saturated heterocycles. The van der Waals surface area contributed by atoms with E-state index in [1.54, 1.807) is 17.9 Å². The van der Waals surface area contributed by atoms with E-state index in [1.807, 2.05) is 13.8 Å². The van der Waals surface area contributed by atoms with E-state index in [0.29, 0.717) is 31.0 Å². The molecule has 1 aromatic rings. The van der Waals surface area contributed by atoms with Gasteiger partial charge in [0.1, 0.15) is 0 Å². The summed E-state index contributed by atoms with van der Waals surface area (Å²) in [5.41, 5.74) is 7.84. The van der Waals surface area contributed by atoms with Gasteiger partial charge < -0.3 is 15.4 Å². The zero-order valence-corrected chi connectivity index (χ0v) is 11.6. The number of nitrogens with two attached hydrogens (primary N) is 1. The average molecular weight is 264 g/mol. The monoisotopic (exact) mass is 264 g/mol. The summed E-state index contributed by atoms with van der Waals surface area (Å²) in [4.78, 5) is 14.3. The van der Waals surface area contributed by atoms with Crippen molar-refractivity contribution in [1.29, 1.82) is 0 Å². The Kier molecular flexibility index (Phi) is 4.11. The molecule has 0 saturated carbocycles. The molecule has 0 spiro atoms. The zero-order valence-electron chi connectivity index (χ0n) is 11.6. The average Bonchev–Trinajstić information content (AvgIpc) is 2.41. The molecule has 1 fully saturated rings. The molecule has 1 aromatic heterocycles. The Bertz CT molecular complexity index is 476. The summed E-state index contributed by atoms with van der Waals surface area (Å²) in [7, 11) is 0. The Balaban J connectivity index is 2.17. The molecule has 0 bridgehead atoms. The fourth-order valence-corrected chi connectivity index (χ4v) is 2.11. The minimum Gasteiger partial charge on any atom is -0.373 e. The van der Waals surface area contributed by atoms with Crippen LogP contribution in [0.3, 0.4) is 0 Å². The molecular weight excluding hydrogens is 244 g/mol. The Labute approximate surface area is 112 Å². The number of amides is 1. The Morgan fingerprint density at radius 1 is 1.53 bits per heavy atom. The quantitative estimate of drug-likeness (QED) is 0.830. The number of ether oxygens (including phenoxy) is 1. The lowest BCUT2D eigenvalue weighted by Gasteiger charge is -2.34. The van der Waals surface area contributed by atoms with Gasteiger partial charge in [-0.3, -0.25) is 4.79 Å². The van der Waals surface area contributed by atoms with Crippen LogP contribution in [0.2, 0.25) is 0 Å². The molecule has 2 rings (SSSR count). The fourth-order valence-electron chi connectivity index (χ4n) is 2.11. The van der Waals surface area contributed by atoms with Crippen LogP contribution in [0.25, 0.3) is 0 Å². The molecule has 104 valence electrons. The highest BCUT2D eigenvalue weighted by Gasteiger charge is 2.28. The number of morpholine rings is 1. The molecule has 2 N–H and O–H groups in total. The van der Waals surface area contributed by atoms with E-state index in [1.165, 1.54) is 0 Å². The van der Waals surface area contributed by atoms with Gasteiger partial charge in [-0.05, 0) is 26.8 Å². The maximum Gasteiger partial charge on any atom is 0.256 e. The maximum absolute atomic E-state index is 12.5. The van der Waals surface area contributed by atoms with Crippen molar-refractivity contribution in [3.8, 4) is 0 Å². The molecule has 0 radical (unpaired) electrons. The van der Waals surface area contributed by atoms with Crippen molar-refractivity contribution in [3.05, 3.63) is 23.0 Å². The van der Waals surface area contributed by atoms with E-state index in [9.17, 15) is 4.79 Å². The molecule has 2 heterocycles. The van der Waals surface area contributed by atoms with Crippen LogP contribution in [0.1, 0.15) is 28.7 Å². The predicted molar refractivity (Wildman–Crippen MR) is 70.8 cm³/mol. The zero-order chi connectivity index (χ0) is 14.0. The first-order valence-electron chi connectivity index (χ1n) is 6.46. The predicted octanol–water partition coefficient (Wildman–Crippen LogP) is 0.282. The molecule has 0 aromatic carbocycles. The molecule has 0 aliphatic carbocycles. The topological polar surface area (TPSA) is 81.3 Å². The maximum atomic E-state index is 12.5. The third-order valence-corrected chi connectivity index (χ3v) is 3.30. The summed E-state index contributed by atoms with van der Waals surface area (Å²) >= 11 is 0. The van der Waals surface area contributed by atoms with E-state index in [2.05, 4.69) is 10.2 Å². The summed E-state index contributed by atoms with van der Waals surface area (Å²) in [6.07, 6.45) is -0.103. The molecule has 1 aliphatic rings. The Morgan fingerprint density at radius 3 is 2.95 bits per heavy atom. The van der Waals surface area contributed by atoms with Gasteiger partial charge in [0.25, 0.3) is 5.91 Å². The van der Waals surface area contributed by atoms with Crippen LogP contribution >= 0.6 is 0 Å². The van der Waals surface area contributed by atoms with Crippen LogP contribution < -0.4 is 5.73 Å². The molecule has 2 unspecified atom stereocenters. The van der Waals surface area contributed by atoms with Gasteiger partial charge in [-0.1, -0.05) is 0 Å². The van der Waals surface area contributed by atoms with Gasteiger partial charge in [-0.2, -0.15) is 10.2 Å². The first-order chi connectivity index (χ1) is 8.99. The summed E-state index contributed by atoms with van der Waals surface area (Å²) < 4.78 is 5.56. The number of carbonyl (C=O) groups is 1. The highest BCUT2D eigenvalue weighted by Crippen LogP contribution is 2.14. The van der Waals surface area contributed by atoms with Gasteiger partial charge in [0.2, 0.25) is 0 Å². The number of rotatable bonds is 2. The third-order valence-electron chi connectivity index (χ3n) is 3.30. The minimum absolute atomic E-state index is 0.0237. The van der Waals surface area contributed by atoms with Crippen LogP contribution in [-0.4, -0.2) is 52.8 Å². The second-order valence-electron chi connectivity index (χ2n) is 5.00. The van der Waals surface area contributed by atoms with E-state index in [4.69, 9.17) is 10.5 Å². The number of aryl methyl sites for hydroxylation is 2. The normalized spacial score (nSPS) is 21.3. The van der Waals surface area contributed by atoms with Gasteiger partial charge in [0.05, 0.1) is 29.7 Å². The van der Waals surface area contributed by atoms with Crippen molar-refractivity contribution < 1.29 is 9.53 Å². The van der Waals surface area contributed by atoms with Crippen molar-refractivity contribution in [1.82, 2.24) is 15.1 Å². The largest absolute Gasteiger partial charge is 0.373 e. The van der Waals surface area contributed by atoms with Crippen molar-refractivity contribution in [2.45, 2.75) is 32.9 Å².